The van der Waals surface area contributed by atoms with Crippen molar-refractivity contribution in [2.75, 3.05) is 6.54 Å². The van der Waals surface area contributed by atoms with Gasteiger partial charge < -0.3 is 9.42 Å². The average Bonchev–Trinajstić information content (AvgIpc) is 3.17. The van der Waals surface area contributed by atoms with Gasteiger partial charge in [0.2, 0.25) is 11.8 Å². The number of carbonyl (C=O) groups excluding carboxylic acids is 1. The normalized spacial score (nSPS) is 17.4. The molecule has 2 aromatic heterocycles. The fraction of sp³-hybridized carbons (Fsp3) is 0.750. The van der Waals surface area contributed by atoms with Gasteiger partial charge in [0.05, 0.1) is 12.5 Å². The lowest BCUT2D eigenvalue weighted by Gasteiger charge is -2.23. The zero-order valence-electron chi connectivity index (χ0n) is 15.1. The lowest BCUT2D eigenvalue weighted by atomic mass is 10.0. The van der Waals surface area contributed by atoms with Crippen molar-refractivity contribution in [2.24, 2.45) is 5.92 Å². The number of tetrazole rings is 1. The summed E-state index contributed by atoms with van der Waals surface area (Å²) in [6, 6.07) is 0. The molecule has 0 saturated heterocycles. The van der Waals surface area contributed by atoms with E-state index in [1.54, 1.807) is 9.58 Å². The van der Waals surface area contributed by atoms with E-state index in [9.17, 15) is 4.79 Å². The molecular formula is C16H25N7O2. The lowest BCUT2D eigenvalue weighted by molar-refractivity contribution is -0.133. The van der Waals surface area contributed by atoms with Gasteiger partial charge in [-0.05, 0) is 36.1 Å². The van der Waals surface area contributed by atoms with Crippen molar-refractivity contribution < 1.29 is 9.32 Å². The first-order valence-corrected chi connectivity index (χ1v) is 8.94. The van der Waals surface area contributed by atoms with Crippen molar-refractivity contribution in [1.82, 2.24) is 35.2 Å². The Morgan fingerprint density at radius 3 is 3.00 bits per heavy atom. The smallest absolute Gasteiger partial charge is 0.233 e. The van der Waals surface area contributed by atoms with Gasteiger partial charge in [-0.2, -0.15) is 4.98 Å². The maximum Gasteiger partial charge on any atom is 0.233 e. The number of carbonyl (C=O) groups is 1. The van der Waals surface area contributed by atoms with E-state index in [2.05, 4.69) is 39.5 Å². The van der Waals surface area contributed by atoms with Crippen LogP contribution in [0.2, 0.25) is 0 Å². The molecule has 0 fully saturated rings. The molecule has 1 aliphatic heterocycles. The van der Waals surface area contributed by atoms with Crippen LogP contribution in [0.3, 0.4) is 0 Å². The first-order valence-electron chi connectivity index (χ1n) is 8.94. The molecular weight excluding hydrogens is 322 g/mol. The van der Waals surface area contributed by atoms with Gasteiger partial charge in [-0.25, -0.2) is 4.68 Å². The van der Waals surface area contributed by atoms with E-state index in [1.165, 1.54) is 0 Å². The summed E-state index contributed by atoms with van der Waals surface area (Å²) in [5, 5.41) is 15.8. The SMILES string of the molecule is CCN(Cc1noc(CC(C)C)n1)C(=O)C1CCCCn2nnnc21. The van der Waals surface area contributed by atoms with E-state index in [4.69, 9.17) is 4.52 Å². The fourth-order valence-corrected chi connectivity index (χ4v) is 3.12. The highest BCUT2D eigenvalue weighted by Gasteiger charge is 2.31. The maximum absolute atomic E-state index is 13.1. The first kappa shape index (κ1) is 17.5. The Kier molecular flexibility index (Phi) is 5.40. The van der Waals surface area contributed by atoms with Crippen LogP contribution in [-0.4, -0.2) is 47.7 Å². The summed E-state index contributed by atoms with van der Waals surface area (Å²) < 4.78 is 7.02. The number of nitrogens with zero attached hydrogens (tertiary/aromatic N) is 7. The molecule has 1 atom stereocenters. The highest BCUT2D eigenvalue weighted by atomic mass is 16.5. The average molecular weight is 347 g/mol. The molecule has 9 heteroatoms. The number of aryl methyl sites for hydroxylation is 1. The van der Waals surface area contributed by atoms with E-state index in [0.29, 0.717) is 36.5 Å². The van der Waals surface area contributed by atoms with Crippen LogP contribution in [0.1, 0.15) is 63.5 Å². The third kappa shape index (κ3) is 4.02. The van der Waals surface area contributed by atoms with Gasteiger partial charge in [-0.3, -0.25) is 4.79 Å². The number of amides is 1. The number of likely N-dealkylation sites (N-methyl/N-ethyl adjacent to an activating group) is 1. The number of aromatic nitrogens is 6. The van der Waals surface area contributed by atoms with E-state index in [-0.39, 0.29) is 11.8 Å². The number of fused-ring (bicyclic) bond motifs is 1. The third-order valence-corrected chi connectivity index (χ3v) is 4.40. The van der Waals surface area contributed by atoms with Gasteiger partial charge in [0.25, 0.3) is 0 Å². The number of hydrogen-bond acceptors (Lipinski definition) is 7. The molecule has 136 valence electrons. The van der Waals surface area contributed by atoms with E-state index >= 15 is 0 Å². The van der Waals surface area contributed by atoms with Gasteiger partial charge in [0, 0.05) is 19.5 Å². The summed E-state index contributed by atoms with van der Waals surface area (Å²) in [7, 11) is 0. The molecule has 25 heavy (non-hydrogen) atoms. The second kappa shape index (κ2) is 7.71. The predicted molar refractivity (Wildman–Crippen MR) is 88.3 cm³/mol. The molecule has 3 heterocycles. The van der Waals surface area contributed by atoms with E-state index < -0.39 is 0 Å². The number of rotatable bonds is 6. The minimum Gasteiger partial charge on any atom is -0.339 e. The van der Waals surface area contributed by atoms with E-state index in [0.717, 1.165) is 32.2 Å². The molecule has 2 aromatic rings. The summed E-state index contributed by atoms with van der Waals surface area (Å²) in [4.78, 5) is 19.2. The number of hydrogen-bond donors (Lipinski definition) is 0. The molecule has 0 aliphatic carbocycles. The van der Waals surface area contributed by atoms with Crippen LogP contribution in [0.15, 0.2) is 4.52 Å². The second-order valence-electron chi connectivity index (χ2n) is 6.86. The first-order chi connectivity index (χ1) is 12.1. The second-order valence-corrected chi connectivity index (χ2v) is 6.86. The molecule has 0 N–H and O–H groups in total. The van der Waals surface area contributed by atoms with Crippen molar-refractivity contribution in [3.63, 3.8) is 0 Å². The van der Waals surface area contributed by atoms with E-state index in [1.807, 2.05) is 6.92 Å². The molecule has 1 aliphatic rings. The molecule has 0 spiro atoms. The Morgan fingerprint density at radius 1 is 1.40 bits per heavy atom. The summed E-state index contributed by atoms with van der Waals surface area (Å²) >= 11 is 0. The molecule has 0 bridgehead atoms. The van der Waals surface area contributed by atoms with Crippen LogP contribution in [0, 0.1) is 5.92 Å². The maximum atomic E-state index is 13.1. The summed E-state index contributed by atoms with van der Waals surface area (Å²) in [6.45, 7) is 7.83. The zero-order chi connectivity index (χ0) is 17.8. The van der Waals surface area contributed by atoms with Crippen molar-refractivity contribution in [2.45, 2.75) is 65.5 Å². The monoisotopic (exact) mass is 347 g/mol. The van der Waals surface area contributed by atoms with Crippen LogP contribution in [0.25, 0.3) is 0 Å². The molecule has 0 radical (unpaired) electrons. The Bertz CT molecular complexity index is 709. The largest absolute Gasteiger partial charge is 0.339 e. The molecule has 9 nitrogen and oxygen atoms in total. The van der Waals surface area contributed by atoms with Gasteiger partial charge in [-0.1, -0.05) is 25.4 Å². The van der Waals surface area contributed by atoms with Crippen molar-refractivity contribution in [3.05, 3.63) is 17.5 Å². The van der Waals surface area contributed by atoms with Crippen molar-refractivity contribution >= 4 is 5.91 Å². The standard InChI is InChI=1S/C16H25N7O2/c1-4-22(10-13-17-14(25-19-13)9-11(2)3)16(24)12-7-5-6-8-23-15(12)18-20-21-23/h11-12H,4-10H2,1-3H3. The summed E-state index contributed by atoms with van der Waals surface area (Å²) in [6.07, 6.45) is 3.46. The topological polar surface area (TPSA) is 103 Å². The summed E-state index contributed by atoms with van der Waals surface area (Å²) in [5.41, 5.74) is 0. The fourth-order valence-electron chi connectivity index (χ4n) is 3.12. The molecule has 0 aromatic carbocycles. The molecule has 1 unspecified atom stereocenters. The van der Waals surface area contributed by atoms with Crippen LogP contribution in [0.5, 0.6) is 0 Å². The zero-order valence-corrected chi connectivity index (χ0v) is 15.1. The molecule has 1 amide bonds. The third-order valence-electron chi connectivity index (χ3n) is 4.40. The quantitative estimate of drug-likeness (QED) is 0.781. The predicted octanol–water partition coefficient (Wildman–Crippen LogP) is 1.57. The van der Waals surface area contributed by atoms with Crippen LogP contribution < -0.4 is 0 Å². The van der Waals surface area contributed by atoms with Crippen molar-refractivity contribution in [3.8, 4) is 0 Å². The Hall–Kier alpha value is -2.32. The van der Waals surface area contributed by atoms with Gasteiger partial charge in [0.15, 0.2) is 11.6 Å². The highest BCUT2D eigenvalue weighted by Crippen LogP contribution is 2.26. The van der Waals surface area contributed by atoms with Crippen molar-refractivity contribution in [1.29, 1.82) is 0 Å². The van der Waals surface area contributed by atoms with Crippen LogP contribution >= 0.6 is 0 Å². The van der Waals surface area contributed by atoms with Gasteiger partial charge in [-0.15, -0.1) is 5.10 Å². The van der Waals surface area contributed by atoms with Crippen LogP contribution in [-0.2, 0) is 24.3 Å². The molecule has 0 saturated carbocycles. The Balaban J connectivity index is 1.72. The lowest BCUT2D eigenvalue weighted by Crippen LogP contribution is -2.35. The Labute approximate surface area is 146 Å². The Morgan fingerprint density at radius 2 is 2.24 bits per heavy atom. The minimum absolute atomic E-state index is 0.0238. The van der Waals surface area contributed by atoms with Crippen LogP contribution in [0.4, 0.5) is 0 Å². The summed E-state index contributed by atoms with van der Waals surface area (Å²) in [5.74, 6) is 1.98. The van der Waals surface area contributed by atoms with Gasteiger partial charge >= 0.3 is 0 Å². The molecule has 3 rings (SSSR count). The van der Waals surface area contributed by atoms with Gasteiger partial charge in [0.1, 0.15) is 0 Å². The minimum atomic E-state index is -0.306. The highest BCUT2D eigenvalue weighted by molar-refractivity contribution is 5.82.